The second kappa shape index (κ2) is 11.6. The van der Waals surface area contributed by atoms with Crippen molar-refractivity contribution in [3.63, 3.8) is 0 Å². The fourth-order valence-corrected chi connectivity index (χ4v) is 11.2. The van der Waals surface area contributed by atoms with Crippen LogP contribution in [-0.4, -0.2) is 82.3 Å². The maximum absolute atomic E-state index is 13.4. The third-order valence-electron chi connectivity index (χ3n) is 13.6. The van der Waals surface area contributed by atoms with Gasteiger partial charge in [0.25, 0.3) is 0 Å². The summed E-state index contributed by atoms with van der Waals surface area (Å²) >= 11 is 0. The van der Waals surface area contributed by atoms with Crippen LogP contribution in [0.1, 0.15) is 61.8 Å². The van der Waals surface area contributed by atoms with Gasteiger partial charge in [-0.05, 0) is 50.2 Å². The highest BCUT2D eigenvalue weighted by Gasteiger charge is 2.79. The maximum Gasteiger partial charge on any atom is 0.417 e. The SMILES string of the molecule is C[C@@]12O[C@]3(CCO[C@@H]4[C@H]3[C@H]1C(=O)N4c1ccc(C#N)c(C(F)(F)F)c1)C[C@@H]2O.C[C@]12O[C@@]3(CCO[C@H]4[C@@H]3[C@@H]1C(=O)N4c1ccc(C#N)c(C(F)(F)F)c1)C[C@H]2O. The Morgan fingerprint density at radius 2 is 1.07 bits per heavy atom. The van der Waals surface area contributed by atoms with Gasteiger partial charge in [-0.15, -0.1) is 0 Å². The van der Waals surface area contributed by atoms with Gasteiger partial charge in [-0.2, -0.15) is 36.9 Å². The van der Waals surface area contributed by atoms with Crippen LogP contribution in [0.3, 0.4) is 0 Å². The van der Waals surface area contributed by atoms with Crippen LogP contribution in [0.2, 0.25) is 0 Å². The van der Waals surface area contributed by atoms with Crippen LogP contribution in [0.4, 0.5) is 37.7 Å². The Bertz CT molecular complexity index is 2010. The number of amides is 2. The van der Waals surface area contributed by atoms with Gasteiger partial charge in [0.05, 0.1) is 82.9 Å². The molecule has 0 saturated carbocycles. The molecule has 8 heterocycles. The number of ether oxygens (including phenoxy) is 4. The van der Waals surface area contributed by atoms with Gasteiger partial charge in [0.1, 0.15) is 23.7 Å². The largest absolute Gasteiger partial charge is 0.417 e. The van der Waals surface area contributed by atoms with E-state index in [9.17, 15) is 46.1 Å². The highest BCUT2D eigenvalue weighted by atomic mass is 19.4. The molecular weight excluding hydrogens is 754 g/mol. The predicted molar refractivity (Wildman–Crippen MR) is 176 cm³/mol. The Labute approximate surface area is 315 Å². The minimum atomic E-state index is -4.72. The van der Waals surface area contributed by atoms with Gasteiger partial charge in [0.2, 0.25) is 11.8 Å². The number of halogens is 6. The summed E-state index contributed by atoms with van der Waals surface area (Å²) in [5.74, 6) is -2.92. The molecule has 0 unspecified atom stereocenters. The molecule has 0 aromatic heterocycles. The van der Waals surface area contributed by atoms with Crippen LogP contribution in [0.15, 0.2) is 36.4 Å². The zero-order valence-corrected chi connectivity index (χ0v) is 29.7. The number of alkyl halides is 6. The number of aliphatic hydroxyl groups is 2. The predicted octanol–water partition coefficient (Wildman–Crippen LogP) is 4.39. The number of carbonyl (C=O) groups is 2. The van der Waals surface area contributed by atoms with E-state index in [2.05, 4.69) is 0 Å². The highest BCUT2D eigenvalue weighted by Crippen LogP contribution is 2.67. The molecular formula is C38H34F6N4O8. The molecule has 8 aliphatic rings. The summed E-state index contributed by atoms with van der Waals surface area (Å²) < 4.78 is 104. The molecule has 8 aliphatic heterocycles. The van der Waals surface area contributed by atoms with Crippen LogP contribution in [0, 0.1) is 46.3 Å². The Hall–Kier alpha value is -4.30. The fraction of sp³-hybridized carbons (Fsp3) is 0.579. The van der Waals surface area contributed by atoms with Crippen molar-refractivity contribution < 1.29 is 65.1 Å². The van der Waals surface area contributed by atoms with Gasteiger partial charge in [-0.1, -0.05) is 0 Å². The third kappa shape index (κ3) is 4.74. The van der Waals surface area contributed by atoms with Crippen molar-refractivity contribution in [2.24, 2.45) is 23.7 Å². The zero-order valence-electron chi connectivity index (χ0n) is 29.7. The summed E-state index contributed by atoms with van der Waals surface area (Å²) in [6.07, 6.45) is -10.8. The molecule has 12 atom stereocenters. The number of rotatable bonds is 2. The number of aliphatic hydroxyl groups excluding tert-OH is 2. The number of fused-ring (bicyclic) bond motifs is 4. The minimum absolute atomic E-state index is 0.0327. The summed E-state index contributed by atoms with van der Waals surface area (Å²) in [5, 5.41) is 39.0. The molecule has 4 bridgehead atoms. The molecule has 0 radical (unpaired) electrons. The molecule has 2 N–H and O–H groups in total. The summed E-state index contributed by atoms with van der Waals surface area (Å²) in [6, 6.07) is 9.53. The average molecular weight is 789 g/mol. The Morgan fingerprint density at radius 3 is 1.41 bits per heavy atom. The lowest BCUT2D eigenvalue weighted by Crippen LogP contribution is -2.53. The lowest BCUT2D eigenvalue weighted by atomic mass is 9.65. The van der Waals surface area contributed by atoms with Crippen molar-refractivity contribution in [1.82, 2.24) is 0 Å². The van der Waals surface area contributed by atoms with Gasteiger partial charge in [0.15, 0.2) is 0 Å². The standard InChI is InChI=1S/2C19H17F3N2O4/c2*1-17-12(25)7-18(28-17)4-5-27-16-14(18)13(17)15(26)24(16)10-3-2-9(8-23)11(6-10)19(20,21)22/h2*2-3,6,12-14,16,25H,4-5,7H2,1H3/t2*12-,13-,14+,16+,17-,18+/m10/s1. The van der Waals surface area contributed by atoms with Crippen LogP contribution < -0.4 is 9.80 Å². The molecule has 56 heavy (non-hydrogen) atoms. The number of nitriles is 2. The van der Waals surface area contributed by atoms with Gasteiger partial charge in [0, 0.05) is 48.9 Å². The molecule has 8 fully saturated rings. The van der Waals surface area contributed by atoms with Gasteiger partial charge in [-0.3, -0.25) is 19.4 Å². The number of benzene rings is 2. The number of anilines is 2. The van der Waals surface area contributed by atoms with Gasteiger partial charge < -0.3 is 29.2 Å². The number of hydrogen-bond acceptors (Lipinski definition) is 10. The fourth-order valence-electron chi connectivity index (χ4n) is 11.2. The monoisotopic (exact) mass is 788 g/mol. The Balaban J connectivity index is 0.000000146. The topological polar surface area (TPSA) is 166 Å². The summed E-state index contributed by atoms with van der Waals surface area (Å²) in [4.78, 5) is 29.1. The molecule has 10 rings (SSSR count). The first-order chi connectivity index (χ1) is 26.2. The smallest absolute Gasteiger partial charge is 0.390 e. The summed E-state index contributed by atoms with van der Waals surface area (Å²) in [5.41, 5.74) is -6.69. The summed E-state index contributed by atoms with van der Waals surface area (Å²) in [7, 11) is 0. The van der Waals surface area contributed by atoms with Crippen molar-refractivity contribution in [3.8, 4) is 12.1 Å². The molecule has 296 valence electrons. The first-order valence-electron chi connectivity index (χ1n) is 18.1. The molecule has 8 saturated heterocycles. The van der Waals surface area contributed by atoms with E-state index < -0.39 is 105 Å². The van der Waals surface area contributed by atoms with Crippen molar-refractivity contribution in [2.75, 3.05) is 23.0 Å². The van der Waals surface area contributed by atoms with Crippen molar-refractivity contribution in [2.45, 2.75) is 99.0 Å². The van der Waals surface area contributed by atoms with E-state index in [1.165, 1.54) is 21.9 Å². The second-order valence-corrected chi connectivity index (χ2v) is 16.3. The van der Waals surface area contributed by atoms with E-state index >= 15 is 0 Å². The second-order valence-electron chi connectivity index (χ2n) is 16.3. The van der Waals surface area contributed by atoms with Crippen molar-refractivity contribution >= 4 is 23.2 Å². The van der Waals surface area contributed by atoms with E-state index in [0.29, 0.717) is 25.7 Å². The van der Waals surface area contributed by atoms with E-state index in [-0.39, 0.29) is 36.4 Å². The first-order valence-corrected chi connectivity index (χ1v) is 18.1. The van der Waals surface area contributed by atoms with Crippen LogP contribution in [0.5, 0.6) is 0 Å². The highest BCUT2D eigenvalue weighted by molar-refractivity contribution is 6.01. The normalized spacial score (nSPS) is 41.3. The number of hydrogen-bond donors (Lipinski definition) is 2. The average Bonchev–Trinajstić information content (AvgIpc) is 3.90. The lowest BCUT2D eigenvalue weighted by Gasteiger charge is -2.42. The molecule has 0 aliphatic carbocycles. The lowest BCUT2D eigenvalue weighted by molar-refractivity contribution is -0.143. The van der Waals surface area contributed by atoms with Crippen LogP contribution >= 0.6 is 0 Å². The van der Waals surface area contributed by atoms with Gasteiger partial charge in [-0.25, -0.2) is 0 Å². The van der Waals surface area contributed by atoms with E-state index in [1.807, 2.05) is 0 Å². The minimum Gasteiger partial charge on any atom is -0.390 e. The van der Waals surface area contributed by atoms with Crippen LogP contribution in [0.25, 0.3) is 0 Å². The van der Waals surface area contributed by atoms with Crippen molar-refractivity contribution in [1.29, 1.82) is 10.5 Å². The van der Waals surface area contributed by atoms with Crippen molar-refractivity contribution in [3.05, 3.63) is 58.7 Å². The third-order valence-corrected chi connectivity index (χ3v) is 13.6. The van der Waals surface area contributed by atoms with E-state index in [0.717, 1.165) is 24.3 Å². The quantitative estimate of drug-likeness (QED) is 0.417. The number of nitrogens with zero attached hydrogens (tertiary/aromatic N) is 4. The van der Waals surface area contributed by atoms with E-state index in [4.69, 9.17) is 29.5 Å². The van der Waals surface area contributed by atoms with Crippen LogP contribution in [-0.2, 0) is 40.9 Å². The first kappa shape index (κ1) is 37.3. The molecule has 18 heteroatoms. The molecule has 2 aromatic carbocycles. The molecule has 2 aromatic rings. The van der Waals surface area contributed by atoms with Gasteiger partial charge >= 0.3 is 12.4 Å². The Morgan fingerprint density at radius 1 is 0.696 bits per heavy atom. The molecule has 12 nitrogen and oxygen atoms in total. The summed E-state index contributed by atoms with van der Waals surface area (Å²) in [6.45, 7) is 3.94. The number of carbonyl (C=O) groups excluding carboxylic acids is 2. The Kier molecular flexibility index (Phi) is 7.75. The molecule has 2 spiro atoms. The van der Waals surface area contributed by atoms with E-state index in [1.54, 1.807) is 26.0 Å². The maximum atomic E-state index is 13.4. The zero-order chi connectivity index (χ0) is 40.1. The molecule has 2 amide bonds.